The monoisotopic (exact) mass is 265 g/mol. The molecule has 0 aliphatic rings. The Kier molecular flexibility index (Phi) is 6.80. The van der Waals surface area contributed by atoms with Crippen molar-refractivity contribution in [2.75, 3.05) is 5.75 Å². The fourth-order valence-electron chi connectivity index (χ4n) is 1.82. The number of thioether (sulfide) groups is 1. The molecule has 102 valence electrons. The molecule has 18 heavy (non-hydrogen) atoms. The number of benzene rings is 1. The molecule has 2 N–H and O–H groups in total. The summed E-state index contributed by atoms with van der Waals surface area (Å²) in [6.07, 6.45) is 2.28. The fourth-order valence-corrected chi connectivity index (χ4v) is 3.38. The lowest BCUT2D eigenvalue weighted by Gasteiger charge is -2.24. The Morgan fingerprint density at radius 2 is 1.72 bits per heavy atom. The highest BCUT2D eigenvalue weighted by atomic mass is 32.2. The molecule has 1 rings (SSSR count). The summed E-state index contributed by atoms with van der Waals surface area (Å²) in [6, 6.07) is 9.10. The van der Waals surface area contributed by atoms with E-state index >= 15 is 0 Å². The average Bonchev–Trinajstić information content (AvgIpc) is 2.40. The standard InChI is InChI=1S/C16H27NS/c1-5-12(3)11-18-16(15(17)6-2)14-9-7-13(4)8-10-14/h7-10,12,15-16H,5-6,11,17H2,1-4H3. The molecule has 0 aliphatic heterocycles. The summed E-state index contributed by atoms with van der Waals surface area (Å²) in [5.41, 5.74) is 8.99. The zero-order chi connectivity index (χ0) is 13.5. The molecule has 0 bridgehead atoms. The predicted octanol–water partition coefficient (Wildman–Crippen LogP) is 4.55. The topological polar surface area (TPSA) is 26.0 Å². The summed E-state index contributed by atoms with van der Waals surface area (Å²) >= 11 is 2.02. The highest BCUT2D eigenvalue weighted by molar-refractivity contribution is 7.99. The largest absolute Gasteiger partial charge is 0.326 e. The molecule has 1 aromatic rings. The number of hydrogen-bond donors (Lipinski definition) is 1. The van der Waals surface area contributed by atoms with Crippen molar-refractivity contribution in [1.29, 1.82) is 0 Å². The molecule has 1 aromatic carbocycles. The quantitative estimate of drug-likeness (QED) is 0.782. The molecule has 0 aromatic heterocycles. The van der Waals surface area contributed by atoms with Gasteiger partial charge in [-0.15, -0.1) is 0 Å². The highest BCUT2D eigenvalue weighted by Crippen LogP contribution is 2.34. The van der Waals surface area contributed by atoms with Crippen molar-refractivity contribution in [2.45, 2.75) is 51.8 Å². The van der Waals surface area contributed by atoms with Crippen molar-refractivity contribution < 1.29 is 0 Å². The zero-order valence-electron chi connectivity index (χ0n) is 12.1. The number of rotatable bonds is 7. The summed E-state index contributed by atoms with van der Waals surface area (Å²) in [5.74, 6) is 1.97. The fraction of sp³-hybridized carbons (Fsp3) is 0.625. The van der Waals surface area contributed by atoms with Crippen LogP contribution in [0.5, 0.6) is 0 Å². The Morgan fingerprint density at radius 1 is 1.11 bits per heavy atom. The normalized spacial score (nSPS) is 16.3. The summed E-state index contributed by atoms with van der Waals surface area (Å²) in [6.45, 7) is 8.88. The van der Waals surface area contributed by atoms with Gasteiger partial charge in [0.2, 0.25) is 0 Å². The molecule has 0 saturated carbocycles. The first-order chi connectivity index (χ1) is 8.58. The van der Waals surface area contributed by atoms with E-state index in [1.54, 1.807) is 0 Å². The predicted molar refractivity (Wildman–Crippen MR) is 84.1 cm³/mol. The molecule has 3 atom stereocenters. The maximum atomic E-state index is 6.29. The van der Waals surface area contributed by atoms with Gasteiger partial charge in [0, 0.05) is 11.3 Å². The van der Waals surface area contributed by atoms with Crippen LogP contribution in [0.25, 0.3) is 0 Å². The molecule has 0 amide bonds. The van der Waals surface area contributed by atoms with Gasteiger partial charge in [-0.2, -0.15) is 11.8 Å². The molecule has 2 heteroatoms. The number of hydrogen-bond acceptors (Lipinski definition) is 2. The van der Waals surface area contributed by atoms with Crippen LogP contribution >= 0.6 is 11.8 Å². The van der Waals surface area contributed by atoms with E-state index < -0.39 is 0 Å². The highest BCUT2D eigenvalue weighted by Gasteiger charge is 2.19. The SMILES string of the molecule is CCC(C)CSC(c1ccc(C)cc1)C(N)CC. The maximum absolute atomic E-state index is 6.29. The molecule has 3 unspecified atom stereocenters. The van der Waals surface area contributed by atoms with Crippen molar-refractivity contribution in [2.24, 2.45) is 11.7 Å². The van der Waals surface area contributed by atoms with Gasteiger partial charge in [-0.25, -0.2) is 0 Å². The van der Waals surface area contributed by atoms with Crippen molar-refractivity contribution in [1.82, 2.24) is 0 Å². The first-order valence-corrected chi connectivity index (χ1v) is 8.07. The van der Waals surface area contributed by atoms with Crippen LogP contribution in [-0.2, 0) is 0 Å². The second kappa shape index (κ2) is 7.85. The summed E-state index contributed by atoms with van der Waals surface area (Å²) in [7, 11) is 0. The Balaban J connectivity index is 2.74. The van der Waals surface area contributed by atoms with Crippen LogP contribution in [0, 0.1) is 12.8 Å². The van der Waals surface area contributed by atoms with Gasteiger partial charge in [-0.1, -0.05) is 57.0 Å². The molecular formula is C16H27NS. The number of nitrogens with two attached hydrogens (primary N) is 1. The number of aryl methyl sites for hydroxylation is 1. The Hall–Kier alpha value is -0.470. The van der Waals surface area contributed by atoms with E-state index in [4.69, 9.17) is 5.73 Å². The smallest absolute Gasteiger partial charge is 0.0448 e. The molecule has 0 saturated heterocycles. The lowest BCUT2D eigenvalue weighted by Crippen LogP contribution is -2.26. The van der Waals surface area contributed by atoms with Gasteiger partial charge in [0.1, 0.15) is 0 Å². The average molecular weight is 265 g/mol. The second-order valence-corrected chi connectivity index (χ2v) is 6.42. The van der Waals surface area contributed by atoms with E-state index in [-0.39, 0.29) is 6.04 Å². The van der Waals surface area contributed by atoms with Crippen molar-refractivity contribution >= 4 is 11.8 Å². The van der Waals surface area contributed by atoms with Crippen LogP contribution in [0.3, 0.4) is 0 Å². The van der Waals surface area contributed by atoms with Crippen LogP contribution in [0.2, 0.25) is 0 Å². The van der Waals surface area contributed by atoms with Gasteiger partial charge >= 0.3 is 0 Å². The van der Waals surface area contributed by atoms with Gasteiger partial charge in [0.15, 0.2) is 0 Å². The van der Waals surface area contributed by atoms with Crippen LogP contribution in [-0.4, -0.2) is 11.8 Å². The van der Waals surface area contributed by atoms with E-state index in [2.05, 4.69) is 52.0 Å². The van der Waals surface area contributed by atoms with Gasteiger partial charge in [0.25, 0.3) is 0 Å². The van der Waals surface area contributed by atoms with E-state index in [1.807, 2.05) is 11.8 Å². The van der Waals surface area contributed by atoms with Crippen LogP contribution in [0.1, 0.15) is 50.0 Å². The Labute approximate surface area is 117 Å². The molecule has 0 radical (unpaired) electrons. The third kappa shape index (κ3) is 4.66. The third-order valence-electron chi connectivity index (χ3n) is 3.52. The molecule has 1 nitrogen and oxygen atoms in total. The van der Waals surface area contributed by atoms with Crippen LogP contribution in [0.15, 0.2) is 24.3 Å². The molecule has 0 spiro atoms. The molecule has 0 fully saturated rings. The third-order valence-corrected chi connectivity index (χ3v) is 5.27. The minimum atomic E-state index is 0.252. The Morgan fingerprint density at radius 3 is 2.22 bits per heavy atom. The van der Waals surface area contributed by atoms with E-state index in [0.717, 1.165) is 12.3 Å². The van der Waals surface area contributed by atoms with E-state index in [9.17, 15) is 0 Å². The first kappa shape index (κ1) is 15.6. The second-order valence-electron chi connectivity index (χ2n) is 5.25. The summed E-state index contributed by atoms with van der Waals surface area (Å²) in [5, 5.41) is 0.435. The van der Waals surface area contributed by atoms with Gasteiger partial charge < -0.3 is 5.73 Å². The van der Waals surface area contributed by atoms with Crippen molar-refractivity contribution in [3.05, 3.63) is 35.4 Å². The maximum Gasteiger partial charge on any atom is 0.0448 e. The Bertz CT molecular complexity index is 333. The van der Waals surface area contributed by atoms with Crippen molar-refractivity contribution in [3.8, 4) is 0 Å². The molecular weight excluding hydrogens is 238 g/mol. The molecule has 0 heterocycles. The van der Waals surface area contributed by atoms with Gasteiger partial charge in [-0.05, 0) is 30.6 Å². The first-order valence-electron chi connectivity index (χ1n) is 7.02. The van der Waals surface area contributed by atoms with Crippen LogP contribution in [0.4, 0.5) is 0 Å². The van der Waals surface area contributed by atoms with E-state index in [0.29, 0.717) is 5.25 Å². The lowest BCUT2D eigenvalue weighted by atomic mass is 10.0. The van der Waals surface area contributed by atoms with Crippen molar-refractivity contribution in [3.63, 3.8) is 0 Å². The molecule has 0 aliphatic carbocycles. The summed E-state index contributed by atoms with van der Waals surface area (Å²) in [4.78, 5) is 0. The summed E-state index contributed by atoms with van der Waals surface area (Å²) < 4.78 is 0. The van der Waals surface area contributed by atoms with E-state index in [1.165, 1.54) is 23.3 Å². The zero-order valence-corrected chi connectivity index (χ0v) is 13.0. The lowest BCUT2D eigenvalue weighted by molar-refractivity contribution is 0.615. The van der Waals surface area contributed by atoms with Crippen LogP contribution < -0.4 is 5.73 Å². The van der Waals surface area contributed by atoms with Gasteiger partial charge in [-0.3, -0.25) is 0 Å². The van der Waals surface area contributed by atoms with Gasteiger partial charge in [0.05, 0.1) is 0 Å². The minimum Gasteiger partial charge on any atom is -0.326 e. The minimum absolute atomic E-state index is 0.252.